The number of benzene rings is 1. The smallest absolute Gasteiger partial charge is 0.224 e. The Labute approximate surface area is 282 Å². The average molecular weight is 702 g/mol. The molecule has 17 heteroatoms. The Hall–Kier alpha value is -1.90. The van der Waals surface area contributed by atoms with Crippen molar-refractivity contribution in [1.29, 1.82) is 0 Å². The van der Waals surface area contributed by atoms with Crippen LogP contribution in [-0.2, 0) is 28.4 Å². The first-order valence-corrected chi connectivity index (χ1v) is 16.2. The molecule has 4 aliphatic heterocycles. The lowest BCUT2D eigenvalue weighted by Gasteiger charge is -2.46. The number of hydrogen-bond donors (Lipinski definition) is 10. The molecule has 4 saturated heterocycles. The van der Waals surface area contributed by atoms with Gasteiger partial charge >= 0.3 is 0 Å². The van der Waals surface area contributed by atoms with Crippen molar-refractivity contribution < 1.29 is 79.5 Å². The number of methoxy groups -OCH3 is 1. The molecule has 4 heterocycles. The summed E-state index contributed by atoms with van der Waals surface area (Å²) < 4.78 is 33.8. The third-order valence-corrected chi connectivity index (χ3v) is 9.51. The summed E-state index contributed by atoms with van der Waals surface area (Å²) in [5, 5.41) is 105. The summed E-state index contributed by atoms with van der Waals surface area (Å²) >= 11 is 0. The molecule has 0 aliphatic carbocycles. The number of hydrogen-bond acceptors (Lipinski definition) is 17. The van der Waals surface area contributed by atoms with Crippen LogP contribution >= 0.6 is 0 Å². The molecule has 0 amide bonds. The quantitative estimate of drug-likeness (QED) is 0.0969. The van der Waals surface area contributed by atoms with E-state index in [1.165, 1.54) is 0 Å². The molecule has 1 aromatic carbocycles. The molecule has 17 nitrogen and oxygen atoms in total. The van der Waals surface area contributed by atoms with Gasteiger partial charge in [0.05, 0.1) is 19.8 Å². The summed E-state index contributed by atoms with van der Waals surface area (Å²) in [4.78, 5) is 2.01. The minimum absolute atomic E-state index is 0.0757. The standard InChI is InChI=1S/C32H47NO16/c1-44-13-17-8-5-11-33(17)18(10-9-16-6-3-2-4-7-16)28-25(40)24(39)26(41)30(47-28)45-14-20-21(36)23(38)27(42)31(46-20)49-32(15-35)29(43)22(37)19(12-34)48-32/h2-4,6-7,17-31,34-43H,5,8,11-15H2,1H3/t17-,18?,19+,20+,21+,22+,23-,24-,25+,26+,27+,28+,29-,30-,31+,32-/m0/s1. The molecule has 0 bridgehead atoms. The van der Waals surface area contributed by atoms with Crippen LogP contribution in [0.3, 0.4) is 0 Å². The molecule has 1 aromatic rings. The highest BCUT2D eigenvalue weighted by molar-refractivity contribution is 5.35. The number of nitrogens with zero attached hydrogens (tertiary/aromatic N) is 1. The van der Waals surface area contributed by atoms with E-state index in [1.807, 2.05) is 35.2 Å². The van der Waals surface area contributed by atoms with E-state index < -0.39 is 111 Å². The predicted molar refractivity (Wildman–Crippen MR) is 163 cm³/mol. The van der Waals surface area contributed by atoms with E-state index >= 15 is 0 Å². The number of ether oxygens (including phenoxy) is 6. The van der Waals surface area contributed by atoms with Crippen molar-refractivity contribution in [2.45, 2.75) is 110 Å². The molecule has 0 saturated carbocycles. The van der Waals surface area contributed by atoms with E-state index in [1.54, 1.807) is 7.11 Å². The summed E-state index contributed by atoms with van der Waals surface area (Å²) in [6, 6.07) is 8.27. The fourth-order valence-corrected chi connectivity index (χ4v) is 6.71. The molecule has 4 fully saturated rings. The van der Waals surface area contributed by atoms with E-state index in [0.717, 1.165) is 12.8 Å². The maximum Gasteiger partial charge on any atom is 0.224 e. The van der Waals surface area contributed by atoms with Crippen LogP contribution in [0.15, 0.2) is 30.3 Å². The molecular formula is C32H47NO16. The number of rotatable bonds is 11. The van der Waals surface area contributed by atoms with Crippen LogP contribution in [0.5, 0.6) is 0 Å². The van der Waals surface area contributed by atoms with Crippen molar-refractivity contribution in [2.24, 2.45) is 0 Å². The molecule has 0 radical (unpaired) electrons. The number of likely N-dealkylation sites (tertiary alicyclic amines) is 1. The van der Waals surface area contributed by atoms with Crippen LogP contribution in [-0.4, -0.2) is 194 Å². The van der Waals surface area contributed by atoms with Crippen LogP contribution in [0.25, 0.3) is 0 Å². The Morgan fingerprint density at radius 2 is 1.53 bits per heavy atom. The van der Waals surface area contributed by atoms with Gasteiger partial charge in [-0.15, -0.1) is 0 Å². The zero-order valence-electron chi connectivity index (χ0n) is 26.9. The second-order valence-corrected chi connectivity index (χ2v) is 12.7. The summed E-state index contributed by atoms with van der Waals surface area (Å²) in [5.74, 6) is 3.88. The molecule has 5 rings (SSSR count). The lowest BCUT2D eigenvalue weighted by molar-refractivity contribution is -0.388. The minimum atomic E-state index is -2.38. The van der Waals surface area contributed by atoms with E-state index in [4.69, 9.17) is 28.4 Å². The SMILES string of the molecule is COC[C@@H]1CCCN1C(C#Cc1ccccc1)[C@H]1O[C@H](OC[C@H]2O[C@H](O[C@]3(CO)O[C@H](CO)[C@@H](O)[C@@H]3O)[C@H](O)[C@@H](O)[C@@H]2O)[C@H](O)[C@@H](O)[C@H]1O. The monoisotopic (exact) mass is 701 g/mol. The third-order valence-electron chi connectivity index (χ3n) is 9.51. The summed E-state index contributed by atoms with van der Waals surface area (Å²) in [6.07, 6.45) is -20.3. The van der Waals surface area contributed by atoms with Gasteiger partial charge in [-0.25, -0.2) is 0 Å². The largest absolute Gasteiger partial charge is 0.394 e. The maximum atomic E-state index is 11.1. The number of aliphatic hydroxyl groups is 10. The zero-order chi connectivity index (χ0) is 35.5. The Morgan fingerprint density at radius 1 is 0.837 bits per heavy atom. The predicted octanol–water partition coefficient (Wildman–Crippen LogP) is -5.03. The highest BCUT2D eigenvalue weighted by Gasteiger charge is 2.58. The van der Waals surface area contributed by atoms with Gasteiger partial charge in [-0.1, -0.05) is 30.0 Å². The van der Waals surface area contributed by atoms with E-state index in [2.05, 4.69) is 11.8 Å². The van der Waals surface area contributed by atoms with Gasteiger partial charge < -0.3 is 79.5 Å². The van der Waals surface area contributed by atoms with Gasteiger partial charge in [-0.2, -0.15) is 0 Å². The van der Waals surface area contributed by atoms with Crippen LogP contribution in [0.1, 0.15) is 18.4 Å². The molecule has 0 aromatic heterocycles. The first kappa shape index (κ1) is 38.3. The normalized spacial score (nSPS) is 43.7. The maximum absolute atomic E-state index is 11.1. The van der Waals surface area contributed by atoms with Crippen LogP contribution < -0.4 is 0 Å². The average Bonchev–Trinajstić information content (AvgIpc) is 3.67. The first-order chi connectivity index (χ1) is 23.5. The van der Waals surface area contributed by atoms with E-state index in [-0.39, 0.29) is 6.04 Å². The van der Waals surface area contributed by atoms with Crippen molar-refractivity contribution in [2.75, 3.05) is 40.1 Å². The van der Waals surface area contributed by atoms with Crippen molar-refractivity contribution in [3.05, 3.63) is 35.9 Å². The molecule has 1 unspecified atom stereocenters. The van der Waals surface area contributed by atoms with Crippen molar-refractivity contribution >= 4 is 0 Å². The molecule has 10 N–H and O–H groups in total. The fourth-order valence-electron chi connectivity index (χ4n) is 6.71. The fraction of sp³-hybridized carbons (Fsp3) is 0.750. The Kier molecular flexibility index (Phi) is 13.0. The molecule has 0 spiro atoms. The van der Waals surface area contributed by atoms with Crippen LogP contribution in [0.4, 0.5) is 0 Å². The second kappa shape index (κ2) is 16.6. The van der Waals surface area contributed by atoms with Gasteiger partial charge in [0.2, 0.25) is 5.79 Å². The highest BCUT2D eigenvalue weighted by Crippen LogP contribution is 2.36. The molecule has 276 valence electrons. The molecule has 16 atom stereocenters. The third kappa shape index (κ3) is 7.96. The highest BCUT2D eigenvalue weighted by atomic mass is 16.8. The van der Waals surface area contributed by atoms with Gasteiger partial charge in [-0.05, 0) is 31.5 Å². The second-order valence-electron chi connectivity index (χ2n) is 12.7. The van der Waals surface area contributed by atoms with Gasteiger partial charge in [0.15, 0.2) is 12.6 Å². The van der Waals surface area contributed by atoms with Gasteiger partial charge in [-0.3, -0.25) is 4.90 Å². The van der Waals surface area contributed by atoms with E-state index in [9.17, 15) is 51.1 Å². The van der Waals surface area contributed by atoms with Crippen LogP contribution in [0, 0.1) is 11.8 Å². The molecule has 4 aliphatic rings. The lowest BCUT2D eigenvalue weighted by Crippen LogP contribution is -2.65. The first-order valence-electron chi connectivity index (χ1n) is 16.2. The lowest BCUT2D eigenvalue weighted by atomic mass is 9.92. The van der Waals surface area contributed by atoms with Crippen molar-refractivity contribution in [1.82, 2.24) is 4.90 Å². The summed E-state index contributed by atoms with van der Waals surface area (Å²) in [7, 11) is 1.58. The van der Waals surface area contributed by atoms with Crippen molar-refractivity contribution in [3.8, 4) is 11.8 Å². The van der Waals surface area contributed by atoms with Gasteiger partial charge in [0.1, 0.15) is 79.8 Å². The topological polar surface area (TPSA) is 261 Å². The molecule has 49 heavy (non-hydrogen) atoms. The zero-order valence-corrected chi connectivity index (χ0v) is 26.9. The minimum Gasteiger partial charge on any atom is -0.394 e. The molecular weight excluding hydrogens is 654 g/mol. The van der Waals surface area contributed by atoms with Gasteiger partial charge in [0.25, 0.3) is 0 Å². The van der Waals surface area contributed by atoms with E-state index in [0.29, 0.717) is 18.7 Å². The summed E-state index contributed by atoms with van der Waals surface area (Å²) in [5.41, 5.74) is 0.703. The summed E-state index contributed by atoms with van der Waals surface area (Å²) in [6.45, 7) is -1.47. The Balaban J connectivity index is 1.33. The Morgan fingerprint density at radius 3 is 2.18 bits per heavy atom. The van der Waals surface area contributed by atoms with Crippen molar-refractivity contribution in [3.63, 3.8) is 0 Å². The Bertz CT molecular complexity index is 1250. The number of aliphatic hydroxyl groups excluding tert-OH is 10. The van der Waals surface area contributed by atoms with Crippen LogP contribution in [0.2, 0.25) is 0 Å². The van der Waals surface area contributed by atoms with Gasteiger partial charge in [0, 0.05) is 18.7 Å².